The van der Waals surface area contributed by atoms with E-state index in [1.165, 1.54) is 123 Å². The number of methoxy groups -OCH3 is 1. The fourth-order valence-electron chi connectivity index (χ4n) is 21.7. The van der Waals surface area contributed by atoms with E-state index >= 15 is 0 Å². The van der Waals surface area contributed by atoms with Crippen LogP contribution < -0.4 is 15.0 Å². The van der Waals surface area contributed by atoms with Crippen LogP contribution in [0.15, 0.2) is 285 Å². The Kier molecular flexibility index (Phi) is 37.1. The molecular weight excluding hydrogens is 1870 g/mol. The van der Waals surface area contributed by atoms with Crippen LogP contribution in [0.1, 0.15) is 341 Å². The number of rotatable bonds is 25. The Hall–Kier alpha value is -13.8. The van der Waals surface area contributed by atoms with Gasteiger partial charge in [0.1, 0.15) is 46.3 Å². The van der Waals surface area contributed by atoms with Crippen molar-refractivity contribution in [1.29, 1.82) is 0 Å². The first-order valence-corrected chi connectivity index (χ1v) is 53.8. The second-order valence-corrected chi connectivity index (χ2v) is 43.2. The molecule has 17 heteroatoms. The van der Waals surface area contributed by atoms with Gasteiger partial charge in [0.05, 0.1) is 34.8 Å². The smallest absolute Gasteiger partial charge is 0.258 e. The predicted molar refractivity (Wildman–Crippen MR) is 612 cm³/mol. The normalized spacial score (nSPS) is 13.2. The molecule has 150 heavy (non-hydrogen) atoms. The Morgan fingerprint density at radius 3 is 1.31 bits per heavy atom. The summed E-state index contributed by atoms with van der Waals surface area (Å²) in [6.45, 7) is 51.4. The van der Waals surface area contributed by atoms with Gasteiger partial charge in [-0.2, -0.15) is 0 Å². The van der Waals surface area contributed by atoms with E-state index in [1.807, 2.05) is 133 Å². The number of fused-ring (bicyclic) bond motifs is 3. The molecule has 1 N–H and O–H groups in total. The largest absolute Gasteiger partial charge is 0.482 e. The number of hydrogen-bond acceptors (Lipinski definition) is 8. The maximum Gasteiger partial charge on any atom is 0.258 e. The zero-order valence-electron chi connectivity index (χ0n) is 92.3. The summed E-state index contributed by atoms with van der Waals surface area (Å²) in [4.78, 5) is 35.5. The van der Waals surface area contributed by atoms with Gasteiger partial charge in [0.2, 0.25) is 5.95 Å². The van der Waals surface area contributed by atoms with Crippen molar-refractivity contribution < 1.29 is 40.6 Å². The molecule has 3 aliphatic rings. The standard InChI is InChI=1S/C29H29FN2O.C22H30FNO.C22H23FO.C21H20FN.C20H22FN.C19H26FN3/c1-19(2)27-26(29(33)31-24-13-9-6-10-14-24)25(21-11-7-5-8-12-21)28(32(27)20(3)4)22-15-17-23(30)18-16-22;1-13(2)19-20(16-8-10-17(23)11-9-16)18(12-25-7)21(14(3)4)24-22(19)15(5)6;1-15(2)21-20(16-9-11-17(23)12-10-16)18-7-3-4-8-19(18)24-22(21)13-5-6-14-22;1-13(2)19-20(14-9-11-16(22)12-10-14)17-5-3-4-6-18(17)23-21(19)15-7-8-15;1-13(2)20-19(15-9-11-16(21)12-10-15)17-7-5-6-8-18(17)22(20)14(3)4;1-7-23(6)19-21-17(13(4)5)16(12(2)3)18(22-19)14-8-10-15(20)11-9-14/h5-20H,1-4H3,(H,31,33);8-11,13-15H,12H2,1-7H3;3-4,7-12,15H,5-6,13-14H2,1-2H3;3-6,9-13,15H,7-8H2,1-2H3;5-14H,1-4H3;8-13H,7H2,1-6H3. The number of anilines is 2. The number of benzene rings is 11. The Morgan fingerprint density at radius 2 is 0.840 bits per heavy atom. The summed E-state index contributed by atoms with van der Waals surface area (Å²) < 4.78 is 97.5. The highest BCUT2D eigenvalue weighted by molar-refractivity contribution is 6.13. The maximum absolute atomic E-state index is 13.8. The third kappa shape index (κ3) is 25.2. The van der Waals surface area contributed by atoms with Gasteiger partial charge in [0, 0.05) is 123 Å². The second kappa shape index (κ2) is 49.8. The quantitative estimate of drug-likeness (QED) is 0.0563. The first-order chi connectivity index (χ1) is 71.8. The van der Waals surface area contributed by atoms with E-state index in [9.17, 15) is 31.1 Å². The van der Waals surface area contributed by atoms with Crippen molar-refractivity contribution in [2.24, 2.45) is 5.92 Å². The van der Waals surface area contributed by atoms with Crippen molar-refractivity contribution in [3.63, 3.8) is 0 Å². The van der Waals surface area contributed by atoms with Crippen LogP contribution in [0.4, 0.5) is 38.0 Å². The third-order valence-corrected chi connectivity index (χ3v) is 28.4. The Balaban J connectivity index is 0.000000142. The highest BCUT2D eigenvalue weighted by atomic mass is 19.1. The fraction of sp³-hybridized carbons (Fsp3) is 0.346. The molecule has 0 bridgehead atoms. The van der Waals surface area contributed by atoms with Gasteiger partial charge in [-0.3, -0.25) is 14.8 Å². The van der Waals surface area contributed by atoms with Crippen LogP contribution in [0.3, 0.4) is 0 Å². The SMILES string of the molecule is CC(C)C1=C(c2ccc(F)cc2)c2ccccc2OC12CCCC2.CC(C)c1c(-c2ccc(F)cc2)c2ccccc2n1C(C)C.CC(C)c1c(C(=O)Nc2ccccc2)c(-c2ccccc2)c(-c2ccc(F)cc2)n1C(C)C.CC(C)c1c(C2CC2)nc2ccccc2c1-c1ccc(F)cc1.CCN(C)c1nc(-c2ccc(F)cc2)c(C(C)C)c(C(C)C)n1.COCc1c(C(C)C)nc(C(C)C)c(C(C)C)c1-c1ccc(F)cc1. The fourth-order valence-corrected chi connectivity index (χ4v) is 21.7. The number of pyridine rings is 2. The molecule has 16 aromatic rings. The number of nitrogens with zero attached hydrogens (tertiary/aromatic N) is 7. The number of carbonyl (C=O) groups is 1. The average molecular weight is 2020 g/mol. The number of amides is 1. The maximum atomic E-state index is 13.8. The van der Waals surface area contributed by atoms with Gasteiger partial charge in [-0.15, -0.1) is 0 Å². The molecule has 0 atom stereocenters. The summed E-state index contributed by atoms with van der Waals surface area (Å²) in [5, 5.41) is 5.49. The summed E-state index contributed by atoms with van der Waals surface area (Å²) in [5.41, 5.74) is 32.3. The molecule has 19 rings (SSSR count). The topological polar surface area (TPSA) is 112 Å². The summed E-state index contributed by atoms with van der Waals surface area (Å²) in [6.07, 6.45) is 7.01. The van der Waals surface area contributed by atoms with Gasteiger partial charge in [0.25, 0.3) is 5.91 Å². The molecule has 2 saturated carbocycles. The van der Waals surface area contributed by atoms with Gasteiger partial charge in [-0.1, -0.05) is 276 Å². The molecular formula is C133H150F6N8O3. The molecule has 6 heterocycles. The van der Waals surface area contributed by atoms with Crippen LogP contribution in [0.5, 0.6) is 5.75 Å². The predicted octanol–water partition coefficient (Wildman–Crippen LogP) is 37.5. The van der Waals surface area contributed by atoms with Crippen molar-refractivity contribution in [1.82, 2.24) is 29.1 Å². The number of hydrogen-bond donors (Lipinski definition) is 1. The molecule has 2 aliphatic carbocycles. The van der Waals surface area contributed by atoms with E-state index in [2.05, 4.69) is 234 Å². The van der Waals surface area contributed by atoms with Gasteiger partial charge >= 0.3 is 0 Å². The molecule has 0 unspecified atom stereocenters. The number of para-hydroxylation sites is 4. The minimum absolute atomic E-state index is 0.0978. The van der Waals surface area contributed by atoms with Crippen LogP contribution in [0.2, 0.25) is 0 Å². The lowest BCUT2D eigenvalue weighted by atomic mass is 9.75. The molecule has 2 fully saturated rings. The average Bonchev–Trinajstić information content (AvgIpc) is 1.57. The van der Waals surface area contributed by atoms with E-state index in [-0.39, 0.29) is 58.4 Å². The molecule has 0 radical (unpaired) electrons. The number of aromatic nitrogens is 6. The molecule has 782 valence electrons. The van der Waals surface area contributed by atoms with E-state index < -0.39 is 0 Å². The Bertz CT molecular complexity index is 7300. The molecule has 5 aromatic heterocycles. The van der Waals surface area contributed by atoms with Crippen molar-refractivity contribution >= 4 is 44.9 Å². The van der Waals surface area contributed by atoms with Crippen LogP contribution in [-0.2, 0) is 11.3 Å². The van der Waals surface area contributed by atoms with Crippen molar-refractivity contribution in [2.75, 3.05) is 30.9 Å². The molecule has 0 saturated heterocycles. The lowest BCUT2D eigenvalue weighted by molar-refractivity contribution is 0.101. The molecule has 1 amide bonds. The second-order valence-electron chi connectivity index (χ2n) is 43.2. The summed E-state index contributed by atoms with van der Waals surface area (Å²) >= 11 is 0. The van der Waals surface area contributed by atoms with Gasteiger partial charge < -0.3 is 28.8 Å². The van der Waals surface area contributed by atoms with Crippen LogP contribution in [-0.4, -0.2) is 61.3 Å². The number of carbonyl (C=O) groups excluding carboxylic acids is 1. The number of halogens is 6. The minimum Gasteiger partial charge on any atom is -0.482 e. The molecule has 1 spiro atoms. The Labute approximate surface area is 886 Å². The number of nitrogens with one attached hydrogen (secondary N) is 1. The van der Waals surface area contributed by atoms with E-state index in [0.717, 1.165) is 143 Å². The van der Waals surface area contributed by atoms with Gasteiger partial charge in [0.15, 0.2) is 0 Å². The van der Waals surface area contributed by atoms with Crippen LogP contribution in [0, 0.1) is 40.8 Å². The van der Waals surface area contributed by atoms with Crippen LogP contribution >= 0.6 is 0 Å². The highest BCUT2D eigenvalue weighted by Gasteiger charge is 2.46. The zero-order chi connectivity index (χ0) is 108. The number of ether oxygens (including phenoxy) is 2. The first-order valence-electron chi connectivity index (χ1n) is 53.8. The van der Waals surface area contributed by atoms with E-state index in [4.69, 9.17) is 29.4 Å². The van der Waals surface area contributed by atoms with Gasteiger partial charge in [-0.05, 0) is 321 Å². The lowest BCUT2D eigenvalue weighted by Gasteiger charge is -2.41. The zero-order valence-corrected chi connectivity index (χ0v) is 92.3. The summed E-state index contributed by atoms with van der Waals surface area (Å²) in [5.74, 6) is 3.63. The third-order valence-electron chi connectivity index (χ3n) is 28.4. The van der Waals surface area contributed by atoms with Crippen LogP contribution in [0.25, 0.3) is 94.4 Å². The van der Waals surface area contributed by atoms with E-state index in [1.54, 1.807) is 67.8 Å². The minimum atomic E-state index is -0.284. The van der Waals surface area contributed by atoms with Crippen molar-refractivity contribution in [3.8, 4) is 72.8 Å². The summed E-state index contributed by atoms with van der Waals surface area (Å²) in [6, 6.07) is 85.5. The van der Waals surface area contributed by atoms with Gasteiger partial charge in [-0.25, -0.2) is 36.3 Å². The van der Waals surface area contributed by atoms with Crippen molar-refractivity contribution in [3.05, 3.63) is 393 Å². The molecule has 11 nitrogen and oxygen atoms in total. The van der Waals surface area contributed by atoms with E-state index in [0.29, 0.717) is 71.5 Å². The highest BCUT2D eigenvalue weighted by Crippen LogP contribution is 2.55. The summed E-state index contributed by atoms with van der Waals surface area (Å²) in [7, 11) is 3.70. The first kappa shape index (κ1) is 112. The lowest BCUT2D eigenvalue weighted by Crippen LogP contribution is -2.40. The monoisotopic (exact) mass is 2020 g/mol. The molecule has 11 aromatic carbocycles. The molecule has 1 aliphatic heterocycles. The van der Waals surface area contributed by atoms with Crippen molar-refractivity contribution in [2.45, 2.75) is 275 Å². The Morgan fingerprint density at radius 1 is 0.407 bits per heavy atom.